The van der Waals surface area contributed by atoms with E-state index in [-0.39, 0.29) is 0 Å². The Bertz CT molecular complexity index is 133. The lowest BCUT2D eigenvalue weighted by Gasteiger charge is -2.04. The highest BCUT2D eigenvalue weighted by atomic mass is 127. The number of hydrogen-bond acceptors (Lipinski definition) is 3. The lowest BCUT2D eigenvalue weighted by molar-refractivity contribution is 0.0239. The van der Waals surface area contributed by atoms with Crippen LogP contribution in [0.3, 0.4) is 0 Å². The van der Waals surface area contributed by atoms with E-state index in [1.165, 1.54) is 0 Å². The predicted octanol–water partition coefficient (Wildman–Crippen LogP) is 1.10. The summed E-state index contributed by atoms with van der Waals surface area (Å²) in [6.07, 6.45) is 4.99. The SMILES string of the molecule is C#CCOCCOCCOCCI. The van der Waals surface area contributed by atoms with Crippen LogP contribution < -0.4 is 0 Å². The van der Waals surface area contributed by atoms with E-state index in [4.69, 9.17) is 20.6 Å². The smallest absolute Gasteiger partial charge is 0.107 e. The molecular formula is C9H15IO3. The Hall–Kier alpha value is 0.170. The molecule has 0 aromatic carbocycles. The molecule has 3 nitrogen and oxygen atoms in total. The number of halogens is 1. The zero-order valence-electron chi connectivity index (χ0n) is 7.63. The van der Waals surface area contributed by atoms with Gasteiger partial charge in [-0.3, -0.25) is 0 Å². The fraction of sp³-hybridized carbons (Fsp3) is 0.778. The van der Waals surface area contributed by atoms with Gasteiger partial charge < -0.3 is 14.2 Å². The number of terminal acetylenes is 1. The summed E-state index contributed by atoms with van der Waals surface area (Å²) in [6, 6.07) is 0. The van der Waals surface area contributed by atoms with Gasteiger partial charge in [-0.2, -0.15) is 0 Å². The Morgan fingerprint density at radius 2 is 1.46 bits per heavy atom. The van der Waals surface area contributed by atoms with Crippen molar-refractivity contribution in [2.24, 2.45) is 0 Å². The van der Waals surface area contributed by atoms with E-state index >= 15 is 0 Å². The molecule has 0 aliphatic rings. The van der Waals surface area contributed by atoms with Gasteiger partial charge >= 0.3 is 0 Å². The minimum absolute atomic E-state index is 0.356. The highest BCUT2D eigenvalue weighted by Crippen LogP contribution is 1.84. The predicted molar refractivity (Wildman–Crippen MR) is 60.2 cm³/mol. The second-order valence-corrected chi connectivity index (χ2v) is 3.25. The van der Waals surface area contributed by atoms with E-state index in [2.05, 4.69) is 28.5 Å². The molecule has 0 amide bonds. The Morgan fingerprint density at radius 3 is 2.00 bits per heavy atom. The molecular weight excluding hydrogens is 283 g/mol. The highest BCUT2D eigenvalue weighted by Gasteiger charge is 1.89. The van der Waals surface area contributed by atoms with Crippen molar-refractivity contribution in [1.29, 1.82) is 0 Å². The molecule has 0 aliphatic carbocycles. The van der Waals surface area contributed by atoms with Gasteiger partial charge in [-0.05, 0) is 0 Å². The summed E-state index contributed by atoms with van der Waals surface area (Å²) in [6.45, 7) is 3.55. The number of alkyl halides is 1. The van der Waals surface area contributed by atoms with Crippen LogP contribution in [0.1, 0.15) is 0 Å². The van der Waals surface area contributed by atoms with Crippen LogP contribution in [0, 0.1) is 12.3 Å². The zero-order valence-corrected chi connectivity index (χ0v) is 9.79. The maximum absolute atomic E-state index is 5.21. The van der Waals surface area contributed by atoms with Crippen LogP contribution in [0.15, 0.2) is 0 Å². The molecule has 0 rings (SSSR count). The van der Waals surface area contributed by atoms with Gasteiger partial charge in [0.2, 0.25) is 0 Å². The molecule has 0 spiro atoms. The highest BCUT2D eigenvalue weighted by molar-refractivity contribution is 14.1. The quantitative estimate of drug-likeness (QED) is 0.276. The molecule has 0 aromatic rings. The molecule has 13 heavy (non-hydrogen) atoms. The third-order valence-electron chi connectivity index (χ3n) is 1.15. The van der Waals surface area contributed by atoms with Crippen LogP contribution in [0.25, 0.3) is 0 Å². The zero-order chi connectivity index (χ0) is 9.78. The third kappa shape index (κ3) is 12.2. The minimum atomic E-state index is 0.356. The Kier molecular flexibility index (Phi) is 12.3. The molecule has 0 heterocycles. The molecule has 0 atom stereocenters. The molecule has 0 aromatic heterocycles. The number of hydrogen-bond donors (Lipinski definition) is 0. The molecule has 0 fully saturated rings. The molecule has 0 aliphatic heterocycles. The summed E-state index contributed by atoms with van der Waals surface area (Å²) in [5.41, 5.74) is 0. The summed E-state index contributed by atoms with van der Waals surface area (Å²) in [5, 5.41) is 0. The summed E-state index contributed by atoms with van der Waals surface area (Å²) < 4.78 is 16.4. The minimum Gasteiger partial charge on any atom is -0.378 e. The summed E-state index contributed by atoms with van der Waals surface area (Å²) in [5.74, 6) is 2.38. The Morgan fingerprint density at radius 1 is 0.923 bits per heavy atom. The van der Waals surface area contributed by atoms with Gasteiger partial charge in [0.1, 0.15) is 6.61 Å². The van der Waals surface area contributed by atoms with Crippen LogP contribution in [-0.2, 0) is 14.2 Å². The van der Waals surface area contributed by atoms with Gasteiger partial charge in [0.25, 0.3) is 0 Å². The van der Waals surface area contributed by atoms with E-state index in [1.807, 2.05) is 0 Å². The van der Waals surface area contributed by atoms with Gasteiger partial charge in [0, 0.05) is 4.43 Å². The van der Waals surface area contributed by atoms with E-state index < -0.39 is 0 Å². The van der Waals surface area contributed by atoms with E-state index in [0.717, 1.165) is 11.0 Å². The van der Waals surface area contributed by atoms with Gasteiger partial charge in [-0.1, -0.05) is 28.5 Å². The first kappa shape index (κ1) is 13.2. The topological polar surface area (TPSA) is 27.7 Å². The fourth-order valence-electron chi connectivity index (χ4n) is 0.625. The first-order chi connectivity index (χ1) is 6.41. The standard InChI is InChI=1S/C9H15IO3/c1-2-4-11-6-8-13-9-7-12-5-3-10/h1H,3-9H2. The summed E-state index contributed by atoms with van der Waals surface area (Å²) >= 11 is 2.27. The lowest BCUT2D eigenvalue weighted by Crippen LogP contribution is -2.10. The lowest BCUT2D eigenvalue weighted by atomic mass is 10.7. The monoisotopic (exact) mass is 298 g/mol. The molecule has 0 saturated carbocycles. The fourth-order valence-corrected chi connectivity index (χ4v) is 0.937. The summed E-state index contributed by atoms with van der Waals surface area (Å²) in [7, 11) is 0. The molecule has 0 unspecified atom stereocenters. The van der Waals surface area contributed by atoms with E-state index in [0.29, 0.717) is 33.0 Å². The van der Waals surface area contributed by atoms with Crippen LogP contribution >= 0.6 is 22.6 Å². The van der Waals surface area contributed by atoms with Crippen molar-refractivity contribution >= 4 is 22.6 Å². The number of ether oxygens (including phenoxy) is 3. The average Bonchev–Trinajstić information content (AvgIpc) is 2.16. The van der Waals surface area contributed by atoms with Crippen molar-refractivity contribution in [1.82, 2.24) is 0 Å². The molecule has 76 valence electrons. The normalized spacial score (nSPS) is 9.85. The van der Waals surface area contributed by atoms with E-state index in [1.54, 1.807) is 0 Å². The Labute approximate surface area is 93.3 Å². The van der Waals surface area contributed by atoms with Gasteiger partial charge in [-0.25, -0.2) is 0 Å². The Balaban J connectivity index is 2.80. The second-order valence-electron chi connectivity index (χ2n) is 2.17. The van der Waals surface area contributed by atoms with Gasteiger partial charge in [0.15, 0.2) is 0 Å². The van der Waals surface area contributed by atoms with Crippen molar-refractivity contribution in [3.8, 4) is 12.3 Å². The molecule has 0 bridgehead atoms. The van der Waals surface area contributed by atoms with Gasteiger partial charge in [-0.15, -0.1) is 6.42 Å². The molecule has 0 N–H and O–H groups in total. The van der Waals surface area contributed by atoms with Crippen molar-refractivity contribution in [3.05, 3.63) is 0 Å². The van der Waals surface area contributed by atoms with Crippen molar-refractivity contribution in [3.63, 3.8) is 0 Å². The maximum atomic E-state index is 5.21. The first-order valence-electron chi connectivity index (χ1n) is 4.14. The molecule has 4 heteroatoms. The summed E-state index contributed by atoms with van der Waals surface area (Å²) in [4.78, 5) is 0. The van der Waals surface area contributed by atoms with E-state index in [9.17, 15) is 0 Å². The van der Waals surface area contributed by atoms with Crippen molar-refractivity contribution in [2.45, 2.75) is 0 Å². The molecule has 0 saturated heterocycles. The molecule has 0 radical (unpaired) electrons. The average molecular weight is 298 g/mol. The van der Waals surface area contributed by atoms with Gasteiger partial charge in [0.05, 0.1) is 33.0 Å². The maximum Gasteiger partial charge on any atom is 0.107 e. The third-order valence-corrected chi connectivity index (χ3v) is 1.59. The number of rotatable bonds is 9. The van der Waals surface area contributed by atoms with Crippen LogP contribution in [0.5, 0.6) is 0 Å². The second kappa shape index (κ2) is 12.2. The van der Waals surface area contributed by atoms with Crippen LogP contribution in [-0.4, -0.2) is 44.1 Å². The largest absolute Gasteiger partial charge is 0.378 e. The first-order valence-corrected chi connectivity index (χ1v) is 5.67. The van der Waals surface area contributed by atoms with Crippen LogP contribution in [0.2, 0.25) is 0 Å². The van der Waals surface area contributed by atoms with Crippen molar-refractivity contribution in [2.75, 3.05) is 44.1 Å². The van der Waals surface area contributed by atoms with Crippen LogP contribution in [0.4, 0.5) is 0 Å². The van der Waals surface area contributed by atoms with Crippen molar-refractivity contribution < 1.29 is 14.2 Å².